The van der Waals surface area contributed by atoms with Crippen LogP contribution >= 0.6 is 0 Å². The predicted molar refractivity (Wildman–Crippen MR) is 66.6 cm³/mol. The van der Waals surface area contributed by atoms with Gasteiger partial charge in [-0.1, -0.05) is 25.7 Å². The first-order valence-corrected chi connectivity index (χ1v) is 7.43. The van der Waals surface area contributed by atoms with Gasteiger partial charge < -0.3 is 4.74 Å². The van der Waals surface area contributed by atoms with Gasteiger partial charge in [-0.25, -0.2) is 0 Å². The first kappa shape index (κ1) is 11.9. The second-order valence-electron chi connectivity index (χ2n) is 6.04. The van der Waals surface area contributed by atoms with Crippen LogP contribution in [0.3, 0.4) is 0 Å². The Morgan fingerprint density at radius 1 is 1.00 bits per heavy atom. The molecule has 0 aromatic rings. The number of ether oxygens (including phenoxy) is 1. The smallest absolute Gasteiger partial charge is 0.0790 e. The molecule has 0 aromatic carbocycles. The maximum Gasteiger partial charge on any atom is 0.0790 e. The van der Waals surface area contributed by atoms with Crippen molar-refractivity contribution in [2.45, 2.75) is 82.0 Å². The molecule has 17 heavy (non-hydrogen) atoms. The van der Waals surface area contributed by atoms with Crippen LogP contribution in [0.4, 0.5) is 0 Å². The van der Waals surface area contributed by atoms with Gasteiger partial charge in [0.15, 0.2) is 0 Å². The molecule has 0 amide bonds. The van der Waals surface area contributed by atoms with E-state index >= 15 is 0 Å². The molecule has 3 nitrogen and oxygen atoms in total. The number of rotatable bonds is 4. The van der Waals surface area contributed by atoms with E-state index in [0.29, 0.717) is 12.2 Å². The van der Waals surface area contributed by atoms with Gasteiger partial charge in [0.1, 0.15) is 0 Å². The first-order valence-electron chi connectivity index (χ1n) is 7.43. The molecule has 3 rings (SSSR count). The lowest BCUT2D eigenvalue weighted by Gasteiger charge is -2.24. The van der Waals surface area contributed by atoms with E-state index < -0.39 is 0 Å². The van der Waals surface area contributed by atoms with Crippen LogP contribution in [0.1, 0.15) is 64.2 Å². The van der Waals surface area contributed by atoms with E-state index in [1.54, 1.807) is 0 Å². The summed E-state index contributed by atoms with van der Waals surface area (Å²) in [5, 5.41) is 0. The molecule has 98 valence electrons. The summed E-state index contributed by atoms with van der Waals surface area (Å²) in [5.74, 6) is 0. The molecule has 0 aromatic heterocycles. The lowest BCUT2D eigenvalue weighted by Crippen LogP contribution is -2.32. The van der Waals surface area contributed by atoms with Crippen molar-refractivity contribution in [2.24, 2.45) is 0 Å². The fourth-order valence-corrected chi connectivity index (χ4v) is 3.69. The third kappa shape index (κ3) is 2.83. The van der Waals surface area contributed by atoms with Crippen molar-refractivity contribution in [2.75, 3.05) is 6.54 Å². The second kappa shape index (κ2) is 5.25. The van der Waals surface area contributed by atoms with Gasteiger partial charge in [0, 0.05) is 6.54 Å². The zero-order valence-corrected chi connectivity index (χ0v) is 10.7. The molecule has 2 saturated carbocycles. The second-order valence-corrected chi connectivity index (χ2v) is 6.04. The summed E-state index contributed by atoms with van der Waals surface area (Å²) in [7, 11) is 0. The normalized spacial score (nSPS) is 32.8. The Bertz CT molecular complexity index is 245. The van der Waals surface area contributed by atoms with E-state index in [1.165, 1.54) is 64.2 Å². The average molecular weight is 239 g/mol. The van der Waals surface area contributed by atoms with Crippen LogP contribution in [-0.2, 0) is 9.57 Å². The standard InChI is InChI=1S/C14H25NO2/c1-2-6-12(5-1)17-15-11-13-7-10-14(16-13)8-3-4-9-14/h12-13,15H,1-11H2. The molecular weight excluding hydrogens is 214 g/mol. The van der Waals surface area contributed by atoms with Gasteiger partial charge in [0.2, 0.25) is 0 Å². The molecular formula is C14H25NO2. The molecule has 1 atom stereocenters. The summed E-state index contributed by atoms with van der Waals surface area (Å²) in [4.78, 5) is 5.69. The minimum absolute atomic E-state index is 0.264. The first-order chi connectivity index (χ1) is 8.36. The van der Waals surface area contributed by atoms with Crippen LogP contribution < -0.4 is 5.48 Å². The highest BCUT2D eigenvalue weighted by Gasteiger charge is 2.41. The highest BCUT2D eigenvalue weighted by Crippen LogP contribution is 2.43. The largest absolute Gasteiger partial charge is 0.370 e. The number of hydrogen-bond acceptors (Lipinski definition) is 3. The Hall–Kier alpha value is -0.120. The van der Waals surface area contributed by atoms with Crippen molar-refractivity contribution in [3.05, 3.63) is 0 Å². The summed E-state index contributed by atoms with van der Waals surface area (Å²) in [6.45, 7) is 0.873. The van der Waals surface area contributed by atoms with Crippen molar-refractivity contribution < 1.29 is 9.57 Å². The molecule has 3 heteroatoms. The molecule has 3 fully saturated rings. The molecule has 1 heterocycles. The van der Waals surface area contributed by atoms with Crippen LogP contribution in [0.2, 0.25) is 0 Å². The Balaban J connectivity index is 1.36. The van der Waals surface area contributed by atoms with Crippen LogP contribution in [0.5, 0.6) is 0 Å². The van der Waals surface area contributed by atoms with E-state index in [9.17, 15) is 0 Å². The lowest BCUT2D eigenvalue weighted by molar-refractivity contribution is -0.0732. The molecule has 1 N–H and O–H groups in total. The number of nitrogens with one attached hydrogen (secondary N) is 1. The molecule has 1 spiro atoms. The van der Waals surface area contributed by atoms with Crippen molar-refractivity contribution in [1.29, 1.82) is 0 Å². The molecule has 3 aliphatic rings. The highest BCUT2D eigenvalue weighted by molar-refractivity contribution is 4.93. The molecule has 0 radical (unpaired) electrons. The Morgan fingerprint density at radius 2 is 1.76 bits per heavy atom. The minimum atomic E-state index is 0.264. The average Bonchev–Trinajstić information content (AvgIpc) is 3.04. The molecule has 1 saturated heterocycles. The lowest BCUT2D eigenvalue weighted by atomic mass is 9.98. The fourth-order valence-electron chi connectivity index (χ4n) is 3.69. The fraction of sp³-hybridized carbons (Fsp3) is 1.00. The Labute approximate surface area is 104 Å². The molecule has 1 unspecified atom stereocenters. The van der Waals surface area contributed by atoms with Gasteiger partial charge in [-0.2, -0.15) is 5.48 Å². The van der Waals surface area contributed by atoms with Gasteiger partial charge in [0.05, 0.1) is 17.8 Å². The summed E-state index contributed by atoms with van der Waals surface area (Å²) >= 11 is 0. The number of hydroxylamine groups is 1. The summed E-state index contributed by atoms with van der Waals surface area (Å²) in [6, 6.07) is 0. The maximum atomic E-state index is 6.23. The molecule has 2 aliphatic carbocycles. The Kier molecular flexibility index (Phi) is 3.69. The van der Waals surface area contributed by atoms with E-state index in [4.69, 9.17) is 9.57 Å². The van der Waals surface area contributed by atoms with E-state index in [2.05, 4.69) is 5.48 Å². The van der Waals surface area contributed by atoms with Gasteiger partial charge in [-0.05, 0) is 38.5 Å². The van der Waals surface area contributed by atoms with Gasteiger partial charge in [-0.15, -0.1) is 0 Å². The maximum absolute atomic E-state index is 6.23. The zero-order chi connectivity index (χ0) is 11.6. The summed E-state index contributed by atoms with van der Waals surface area (Å²) in [6.07, 6.45) is 13.7. The molecule has 0 bridgehead atoms. The number of hydrogen-bond donors (Lipinski definition) is 1. The zero-order valence-electron chi connectivity index (χ0n) is 10.7. The summed E-state index contributed by atoms with van der Waals surface area (Å²) in [5.41, 5.74) is 3.41. The van der Waals surface area contributed by atoms with Crippen LogP contribution in [0, 0.1) is 0 Å². The SMILES string of the molecule is C1CCC(ONCC2CCC3(CCCC3)O2)C1. The van der Waals surface area contributed by atoms with Gasteiger partial charge in [-0.3, -0.25) is 4.84 Å². The topological polar surface area (TPSA) is 30.5 Å². The van der Waals surface area contributed by atoms with Crippen molar-refractivity contribution in [3.63, 3.8) is 0 Å². The van der Waals surface area contributed by atoms with Gasteiger partial charge >= 0.3 is 0 Å². The highest BCUT2D eigenvalue weighted by atomic mass is 16.7. The van der Waals surface area contributed by atoms with E-state index in [1.807, 2.05) is 0 Å². The van der Waals surface area contributed by atoms with Crippen molar-refractivity contribution in [3.8, 4) is 0 Å². The van der Waals surface area contributed by atoms with Gasteiger partial charge in [0.25, 0.3) is 0 Å². The quantitative estimate of drug-likeness (QED) is 0.765. The third-order valence-corrected chi connectivity index (χ3v) is 4.72. The third-order valence-electron chi connectivity index (χ3n) is 4.72. The monoisotopic (exact) mass is 239 g/mol. The van der Waals surface area contributed by atoms with E-state index in [0.717, 1.165) is 6.54 Å². The summed E-state index contributed by atoms with van der Waals surface area (Å²) < 4.78 is 6.23. The minimum Gasteiger partial charge on any atom is -0.370 e. The van der Waals surface area contributed by atoms with Crippen molar-refractivity contribution in [1.82, 2.24) is 5.48 Å². The van der Waals surface area contributed by atoms with Crippen LogP contribution in [0.15, 0.2) is 0 Å². The van der Waals surface area contributed by atoms with Crippen LogP contribution in [0.25, 0.3) is 0 Å². The molecule has 1 aliphatic heterocycles. The van der Waals surface area contributed by atoms with Crippen LogP contribution in [-0.4, -0.2) is 24.4 Å². The van der Waals surface area contributed by atoms with E-state index in [-0.39, 0.29) is 5.60 Å². The Morgan fingerprint density at radius 3 is 2.53 bits per heavy atom. The predicted octanol–water partition coefficient (Wildman–Crippen LogP) is 2.94. The van der Waals surface area contributed by atoms with Crippen molar-refractivity contribution >= 4 is 0 Å².